The van der Waals surface area contributed by atoms with Crippen molar-refractivity contribution in [2.24, 2.45) is 0 Å². The molecule has 1 saturated carbocycles. The van der Waals surface area contributed by atoms with E-state index in [9.17, 15) is 0 Å². The van der Waals surface area contributed by atoms with Crippen molar-refractivity contribution >= 4 is 11.8 Å². The number of thioether (sulfide) groups is 1. The van der Waals surface area contributed by atoms with Crippen molar-refractivity contribution in [3.05, 3.63) is 72.1 Å². The highest BCUT2D eigenvalue weighted by atomic mass is 32.2. The highest BCUT2D eigenvalue weighted by Gasteiger charge is 2.30. The van der Waals surface area contributed by atoms with E-state index in [1.807, 2.05) is 48.5 Å². The van der Waals surface area contributed by atoms with Gasteiger partial charge in [0.25, 0.3) is 0 Å². The molecule has 0 amide bonds. The number of nitrogens with zero attached hydrogens (tertiary/aromatic N) is 4. The van der Waals surface area contributed by atoms with Gasteiger partial charge in [-0.25, -0.2) is 0 Å². The summed E-state index contributed by atoms with van der Waals surface area (Å²) in [6, 6.07) is 15.9. The van der Waals surface area contributed by atoms with Gasteiger partial charge in [0.05, 0.1) is 18.5 Å². The Labute approximate surface area is 160 Å². The Hall–Kier alpha value is -2.80. The maximum absolute atomic E-state index is 5.52. The van der Waals surface area contributed by atoms with Crippen LogP contribution in [-0.4, -0.2) is 19.9 Å². The van der Waals surface area contributed by atoms with E-state index in [0.29, 0.717) is 18.2 Å². The fraction of sp³-hybridized carbons (Fsp3) is 0.250. The number of hydrogen-bond donors (Lipinski definition) is 0. The topological polar surface area (TPSA) is 69.9 Å². The standard InChI is InChI=1S/C20H18N4O2S/c1-2-5-14(6-3-1)18-11-16(23-26-18)13-27-20-22-21-19(15-8-9-15)24(20)12-17-7-4-10-25-17/h1-7,10-11,15H,8-9,12-13H2. The second kappa shape index (κ2) is 7.08. The molecule has 1 aliphatic carbocycles. The van der Waals surface area contributed by atoms with E-state index in [0.717, 1.165) is 33.8 Å². The molecule has 0 atom stereocenters. The summed E-state index contributed by atoms with van der Waals surface area (Å²) in [5.74, 6) is 3.95. The van der Waals surface area contributed by atoms with Gasteiger partial charge in [0.15, 0.2) is 10.9 Å². The van der Waals surface area contributed by atoms with E-state index in [1.54, 1.807) is 18.0 Å². The molecule has 0 saturated heterocycles. The molecule has 7 heteroatoms. The normalized spacial score (nSPS) is 13.9. The molecule has 1 aromatic carbocycles. The molecule has 0 bridgehead atoms. The van der Waals surface area contributed by atoms with Crippen LogP contribution in [0, 0.1) is 0 Å². The molecular formula is C20H18N4O2S. The molecule has 27 heavy (non-hydrogen) atoms. The Morgan fingerprint density at radius 3 is 2.74 bits per heavy atom. The molecule has 0 radical (unpaired) electrons. The SMILES string of the molecule is c1ccc(-c2cc(CSc3nnc(C4CC4)n3Cc3ccco3)no2)cc1. The molecule has 0 spiro atoms. The zero-order chi connectivity index (χ0) is 18.1. The third-order valence-electron chi connectivity index (χ3n) is 4.55. The van der Waals surface area contributed by atoms with E-state index in [2.05, 4.69) is 19.9 Å². The van der Waals surface area contributed by atoms with E-state index in [4.69, 9.17) is 8.94 Å². The fourth-order valence-electron chi connectivity index (χ4n) is 3.01. The molecule has 0 N–H and O–H groups in total. The molecule has 0 unspecified atom stereocenters. The Kier molecular flexibility index (Phi) is 4.29. The van der Waals surface area contributed by atoms with Gasteiger partial charge in [-0.3, -0.25) is 4.57 Å². The second-order valence-electron chi connectivity index (χ2n) is 6.62. The monoisotopic (exact) mass is 378 g/mol. The van der Waals surface area contributed by atoms with Crippen LogP contribution in [0.5, 0.6) is 0 Å². The summed E-state index contributed by atoms with van der Waals surface area (Å²) < 4.78 is 13.2. The molecule has 3 aromatic heterocycles. The van der Waals surface area contributed by atoms with Gasteiger partial charge in [-0.1, -0.05) is 47.3 Å². The number of hydrogen-bond acceptors (Lipinski definition) is 6. The average Bonchev–Trinajstić information content (AvgIpc) is 3.11. The van der Waals surface area contributed by atoms with Crippen LogP contribution < -0.4 is 0 Å². The van der Waals surface area contributed by atoms with Crippen LogP contribution in [0.4, 0.5) is 0 Å². The molecule has 5 rings (SSSR count). The molecule has 1 aliphatic rings. The fourth-order valence-corrected chi connectivity index (χ4v) is 3.84. The maximum Gasteiger partial charge on any atom is 0.192 e. The predicted octanol–water partition coefficient (Wildman–Crippen LogP) is 4.74. The minimum absolute atomic E-state index is 0.526. The first-order chi connectivity index (χ1) is 13.4. The quantitative estimate of drug-likeness (QED) is 0.433. The lowest BCUT2D eigenvalue weighted by molar-refractivity contribution is 0.426. The van der Waals surface area contributed by atoms with Crippen LogP contribution in [0.1, 0.15) is 36.0 Å². The predicted molar refractivity (Wildman–Crippen MR) is 101 cm³/mol. The average molecular weight is 378 g/mol. The summed E-state index contributed by atoms with van der Waals surface area (Å²) in [6.45, 7) is 0.655. The smallest absolute Gasteiger partial charge is 0.192 e. The zero-order valence-corrected chi connectivity index (χ0v) is 15.4. The summed E-state index contributed by atoms with van der Waals surface area (Å²) >= 11 is 1.62. The number of rotatable bonds is 7. The van der Waals surface area contributed by atoms with Crippen molar-refractivity contribution in [1.82, 2.24) is 19.9 Å². The molecule has 3 heterocycles. The van der Waals surface area contributed by atoms with Crippen molar-refractivity contribution < 1.29 is 8.94 Å². The van der Waals surface area contributed by atoms with Crippen LogP contribution in [0.3, 0.4) is 0 Å². The van der Waals surface area contributed by atoms with Gasteiger partial charge >= 0.3 is 0 Å². The van der Waals surface area contributed by atoms with E-state index < -0.39 is 0 Å². The van der Waals surface area contributed by atoms with Crippen LogP contribution in [-0.2, 0) is 12.3 Å². The van der Waals surface area contributed by atoms with E-state index >= 15 is 0 Å². The van der Waals surface area contributed by atoms with Gasteiger partial charge in [-0.05, 0) is 25.0 Å². The highest BCUT2D eigenvalue weighted by Crippen LogP contribution is 2.40. The number of furan rings is 1. The molecule has 1 fully saturated rings. The van der Waals surface area contributed by atoms with Gasteiger partial charge in [0, 0.05) is 23.3 Å². The van der Waals surface area contributed by atoms with Crippen molar-refractivity contribution in [2.45, 2.75) is 36.2 Å². The van der Waals surface area contributed by atoms with Crippen LogP contribution in [0.25, 0.3) is 11.3 Å². The van der Waals surface area contributed by atoms with Crippen LogP contribution >= 0.6 is 11.8 Å². The first-order valence-electron chi connectivity index (χ1n) is 8.96. The maximum atomic E-state index is 5.52. The third kappa shape index (κ3) is 3.55. The molecule has 0 aliphatic heterocycles. The first kappa shape index (κ1) is 16.4. The van der Waals surface area contributed by atoms with Crippen molar-refractivity contribution in [3.63, 3.8) is 0 Å². The first-order valence-corrected chi connectivity index (χ1v) is 9.94. The van der Waals surface area contributed by atoms with Crippen molar-refractivity contribution in [1.29, 1.82) is 0 Å². The molecular weight excluding hydrogens is 360 g/mol. The summed E-state index contributed by atoms with van der Waals surface area (Å²) in [7, 11) is 0. The number of benzene rings is 1. The minimum Gasteiger partial charge on any atom is -0.467 e. The lowest BCUT2D eigenvalue weighted by atomic mass is 10.2. The molecule has 6 nitrogen and oxygen atoms in total. The summed E-state index contributed by atoms with van der Waals surface area (Å²) in [6.07, 6.45) is 4.07. The Balaban J connectivity index is 1.33. The third-order valence-corrected chi connectivity index (χ3v) is 5.55. The van der Waals surface area contributed by atoms with Gasteiger partial charge in [-0.15, -0.1) is 10.2 Å². The Morgan fingerprint density at radius 1 is 1.07 bits per heavy atom. The van der Waals surface area contributed by atoms with E-state index in [1.165, 1.54) is 12.8 Å². The Bertz CT molecular complexity index is 1020. The minimum atomic E-state index is 0.526. The summed E-state index contributed by atoms with van der Waals surface area (Å²) in [5, 5.41) is 13.9. The van der Waals surface area contributed by atoms with E-state index in [-0.39, 0.29) is 0 Å². The van der Waals surface area contributed by atoms with Gasteiger partial charge < -0.3 is 8.94 Å². The summed E-state index contributed by atoms with van der Waals surface area (Å²) in [5.41, 5.74) is 1.91. The second-order valence-corrected chi connectivity index (χ2v) is 7.56. The van der Waals surface area contributed by atoms with Crippen LogP contribution in [0.2, 0.25) is 0 Å². The highest BCUT2D eigenvalue weighted by molar-refractivity contribution is 7.98. The van der Waals surface area contributed by atoms with Gasteiger partial charge in [-0.2, -0.15) is 0 Å². The lowest BCUT2D eigenvalue weighted by Gasteiger charge is -2.07. The molecule has 4 aromatic rings. The largest absolute Gasteiger partial charge is 0.467 e. The van der Waals surface area contributed by atoms with Crippen molar-refractivity contribution in [3.8, 4) is 11.3 Å². The molecule has 136 valence electrons. The van der Waals surface area contributed by atoms with Gasteiger partial charge in [0.2, 0.25) is 0 Å². The Morgan fingerprint density at radius 2 is 1.96 bits per heavy atom. The lowest BCUT2D eigenvalue weighted by Crippen LogP contribution is -2.05. The van der Waals surface area contributed by atoms with Crippen LogP contribution in [0.15, 0.2) is 68.9 Å². The summed E-state index contributed by atoms with van der Waals surface area (Å²) in [4.78, 5) is 0. The van der Waals surface area contributed by atoms with Gasteiger partial charge in [0.1, 0.15) is 11.6 Å². The number of aromatic nitrogens is 4. The van der Waals surface area contributed by atoms with Crippen molar-refractivity contribution in [2.75, 3.05) is 0 Å². The zero-order valence-electron chi connectivity index (χ0n) is 14.6.